The van der Waals surface area contributed by atoms with Gasteiger partial charge >= 0.3 is 5.97 Å². The first-order chi connectivity index (χ1) is 11.9. The molecule has 0 aliphatic heterocycles. The molecule has 0 fully saturated rings. The fourth-order valence-electron chi connectivity index (χ4n) is 3.14. The number of ether oxygens (including phenoxy) is 2. The Morgan fingerprint density at radius 1 is 1.08 bits per heavy atom. The Morgan fingerprint density at radius 2 is 1.68 bits per heavy atom. The maximum absolute atomic E-state index is 12.6. The van der Waals surface area contributed by atoms with E-state index in [0.717, 1.165) is 16.7 Å². The number of carbonyl (C=O) groups is 2. The molecule has 1 aliphatic rings. The molecule has 0 aromatic heterocycles. The molecule has 2 atom stereocenters. The maximum atomic E-state index is 12.6. The van der Waals surface area contributed by atoms with Crippen molar-refractivity contribution < 1.29 is 24.2 Å². The molecule has 6 nitrogen and oxygen atoms in total. The molecule has 0 unspecified atom stereocenters. The summed E-state index contributed by atoms with van der Waals surface area (Å²) in [5.41, 5.74) is 3.03. The van der Waals surface area contributed by atoms with Crippen LogP contribution in [0.15, 0.2) is 29.3 Å². The molecule has 1 amide bonds. The highest BCUT2D eigenvalue weighted by Crippen LogP contribution is 2.34. The van der Waals surface area contributed by atoms with Gasteiger partial charge in [-0.1, -0.05) is 17.2 Å². The second kappa shape index (κ2) is 8.05. The van der Waals surface area contributed by atoms with Gasteiger partial charge in [-0.15, -0.1) is 0 Å². The van der Waals surface area contributed by atoms with E-state index in [-0.39, 0.29) is 5.91 Å². The summed E-state index contributed by atoms with van der Waals surface area (Å²) in [6.07, 6.45) is 0.913. The highest BCUT2D eigenvalue weighted by Gasteiger charge is 2.37. The molecule has 6 heteroatoms. The van der Waals surface area contributed by atoms with Gasteiger partial charge in [-0.2, -0.15) is 0 Å². The number of amides is 1. The zero-order chi connectivity index (χ0) is 18.6. The van der Waals surface area contributed by atoms with Crippen molar-refractivity contribution in [2.45, 2.75) is 33.2 Å². The van der Waals surface area contributed by atoms with E-state index in [1.54, 1.807) is 26.4 Å². The first-order valence-electron chi connectivity index (χ1n) is 8.24. The van der Waals surface area contributed by atoms with Crippen LogP contribution in [0.3, 0.4) is 0 Å². The first-order valence-corrected chi connectivity index (χ1v) is 8.24. The van der Waals surface area contributed by atoms with Gasteiger partial charge in [0.05, 0.1) is 26.1 Å². The predicted molar refractivity (Wildman–Crippen MR) is 93.6 cm³/mol. The fourth-order valence-corrected chi connectivity index (χ4v) is 3.14. The fraction of sp³-hybridized carbons (Fsp3) is 0.474. The minimum absolute atomic E-state index is 0.228. The molecule has 0 spiro atoms. The zero-order valence-electron chi connectivity index (χ0n) is 15.1. The number of methoxy groups -OCH3 is 2. The number of carboxylic acid groups (broad SMARTS) is 1. The molecule has 1 aliphatic carbocycles. The van der Waals surface area contributed by atoms with Crippen molar-refractivity contribution in [3.8, 4) is 11.5 Å². The Labute approximate surface area is 147 Å². The summed E-state index contributed by atoms with van der Waals surface area (Å²) >= 11 is 0. The molecule has 0 saturated carbocycles. The van der Waals surface area contributed by atoms with Gasteiger partial charge in [0.1, 0.15) is 0 Å². The third-order valence-electron chi connectivity index (χ3n) is 4.84. The first kappa shape index (κ1) is 18.8. The number of hydrogen-bond acceptors (Lipinski definition) is 4. The van der Waals surface area contributed by atoms with Crippen LogP contribution < -0.4 is 14.8 Å². The maximum Gasteiger partial charge on any atom is 0.307 e. The number of carbonyl (C=O) groups excluding carboxylic acids is 1. The number of allylic oxidation sites excluding steroid dienone is 2. The molecule has 0 heterocycles. The minimum Gasteiger partial charge on any atom is -0.493 e. The molecule has 2 rings (SSSR count). The average Bonchev–Trinajstić information content (AvgIpc) is 2.60. The van der Waals surface area contributed by atoms with E-state index in [2.05, 4.69) is 5.32 Å². The zero-order valence-corrected chi connectivity index (χ0v) is 15.1. The number of rotatable bonds is 6. The molecule has 2 N–H and O–H groups in total. The largest absolute Gasteiger partial charge is 0.493 e. The summed E-state index contributed by atoms with van der Waals surface area (Å²) in [6.45, 7) is 4.20. The van der Waals surface area contributed by atoms with Crippen molar-refractivity contribution in [1.29, 1.82) is 0 Å². The Kier molecular flexibility index (Phi) is 6.07. The lowest BCUT2D eigenvalue weighted by atomic mass is 9.76. The lowest BCUT2D eigenvalue weighted by molar-refractivity contribution is -0.147. The van der Waals surface area contributed by atoms with Gasteiger partial charge in [0, 0.05) is 6.54 Å². The van der Waals surface area contributed by atoms with Crippen molar-refractivity contribution in [3.63, 3.8) is 0 Å². The third kappa shape index (κ3) is 4.32. The van der Waals surface area contributed by atoms with Crippen LogP contribution >= 0.6 is 0 Å². The van der Waals surface area contributed by atoms with E-state index in [1.807, 2.05) is 19.9 Å². The van der Waals surface area contributed by atoms with Crippen molar-refractivity contribution in [2.24, 2.45) is 11.8 Å². The van der Waals surface area contributed by atoms with Gasteiger partial charge in [0.2, 0.25) is 5.91 Å². The molecule has 0 bridgehead atoms. The summed E-state index contributed by atoms with van der Waals surface area (Å²) in [6, 6.07) is 5.41. The van der Waals surface area contributed by atoms with Crippen LogP contribution in [-0.2, 0) is 16.1 Å². The van der Waals surface area contributed by atoms with Gasteiger partial charge in [-0.25, -0.2) is 0 Å². The summed E-state index contributed by atoms with van der Waals surface area (Å²) in [5.74, 6) is -1.15. The van der Waals surface area contributed by atoms with Crippen LogP contribution in [-0.4, -0.2) is 31.2 Å². The van der Waals surface area contributed by atoms with E-state index in [0.29, 0.717) is 30.9 Å². The number of aliphatic carboxylic acids is 1. The van der Waals surface area contributed by atoms with Crippen LogP contribution in [0.25, 0.3) is 0 Å². The summed E-state index contributed by atoms with van der Waals surface area (Å²) in [4.78, 5) is 24.1. The van der Waals surface area contributed by atoms with Crippen LogP contribution in [0.4, 0.5) is 0 Å². The van der Waals surface area contributed by atoms with Crippen molar-refractivity contribution in [1.82, 2.24) is 5.32 Å². The Balaban J connectivity index is 2.07. The minimum atomic E-state index is -0.918. The van der Waals surface area contributed by atoms with Crippen LogP contribution in [0.1, 0.15) is 32.3 Å². The molecular formula is C19H25NO5. The quantitative estimate of drug-likeness (QED) is 0.773. The number of benzene rings is 1. The molecular weight excluding hydrogens is 322 g/mol. The molecule has 0 radical (unpaired) electrons. The predicted octanol–water partition coefficient (Wildman–Crippen LogP) is 2.77. The molecule has 136 valence electrons. The Hall–Kier alpha value is -2.50. The normalized spacial score (nSPS) is 20.2. The van der Waals surface area contributed by atoms with Crippen LogP contribution in [0, 0.1) is 11.8 Å². The summed E-state index contributed by atoms with van der Waals surface area (Å²) in [7, 11) is 3.11. The SMILES string of the molecule is COc1ccc(CNC(=O)[C@@H]2CC(C)=C(C)C[C@H]2C(=O)O)cc1OC. The van der Waals surface area contributed by atoms with Gasteiger partial charge in [-0.05, 0) is 44.4 Å². The van der Waals surface area contributed by atoms with E-state index in [9.17, 15) is 14.7 Å². The monoisotopic (exact) mass is 347 g/mol. The average molecular weight is 347 g/mol. The van der Waals surface area contributed by atoms with Crippen molar-refractivity contribution in [3.05, 3.63) is 34.9 Å². The van der Waals surface area contributed by atoms with E-state index in [4.69, 9.17) is 9.47 Å². The highest BCUT2D eigenvalue weighted by atomic mass is 16.5. The standard InChI is InChI=1S/C19H25NO5/c1-11-7-14(15(19(22)23)8-12(11)2)18(21)20-10-13-5-6-16(24-3)17(9-13)25-4/h5-6,9,14-15H,7-8,10H2,1-4H3,(H,20,21)(H,22,23)/t14-,15-/m1/s1. The molecule has 0 saturated heterocycles. The topological polar surface area (TPSA) is 84.9 Å². The Morgan fingerprint density at radius 3 is 2.24 bits per heavy atom. The number of nitrogens with one attached hydrogen (secondary N) is 1. The lowest BCUT2D eigenvalue weighted by Gasteiger charge is -2.29. The van der Waals surface area contributed by atoms with Crippen LogP contribution in [0.5, 0.6) is 11.5 Å². The third-order valence-corrected chi connectivity index (χ3v) is 4.84. The van der Waals surface area contributed by atoms with E-state index in [1.165, 1.54) is 0 Å². The smallest absolute Gasteiger partial charge is 0.307 e. The van der Waals surface area contributed by atoms with Gasteiger partial charge < -0.3 is 19.9 Å². The second-order valence-electron chi connectivity index (χ2n) is 6.43. The summed E-state index contributed by atoms with van der Waals surface area (Å²) < 4.78 is 10.4. The van der Waals surface area contributed by atoms with Crippen molar-refractivity contribution in [2.75, 3.05) is 14.2 Å². The van der Waals surface area contributed by atoms with E-state index < -0.39 is 17.8 Å². The molecule has 1 aromatic carbocycles. The highest BCUT2D eigenvalue weighted by molar-refractivity contribution is 5.85. The molecule has 1 aromatic rings. The van der Waals surface area contributed by atoms with Gasteiger partial charge in [-0.3, -0.25) is 9.59 Å². The van der Waals surface area contributed by atoms with Crippen molar-refractivity contribution >= 4 is 11.9 Å². The second-order valence-corrected chi connectivity index (χ2v) is 6.43. The molecule has 25 heavy (non-hydrogen) atoms. The van der Waals surface area contributed by atoms with Gasteiger partial charge in [0.25, 0.3) is 0 Å². The van der Waals surface area contributed by atoms with Crippen LogP contribution in [0.2, 0.25) is 0 Å². The van der Waals surface area contributed by atoms with Gasteiger partial charge in [0.15, 0.2) is 11.5 Å². The lowest BCUT2D eigenvalue weighted by Crippen LogP contribution is -2.39. The Bertz CT molecular complexity index is 695. The number of hydrogen-bond donors (Lipinski definition) is 2. The number of carboxylic acids is 1. The van der Waals surface area contributed by atoms with E-state index >= 15 is 0 Å². The summed E-state index contributed by atoms with van der Waals surface area (Å²) in [5, 5.41) is 12.3.